The summed E-state index contributed by atoms with van der Waals surface area (Å²) in [6.45, 7) is 0. The van der Waals surface area contributed by atoms with E-state index in [0.717, 1.165) is 0 Å². The van der Waals surface area contributed by atoms with Crippen molar-refractivity contribution in [3.05, 3.63) is 61.7 Å². The van der Waals surface area contributed by atoms with Gasteiger partial charge in [0.05, 0.1) is 17.0 Å². The number of ketones is 1. The van der Waals surface area contributed by atoms with Gasteiger partial charge in [0, 0.05) is 34.9 Å². The monoisotopic (exact) mass is 300 g/mol. The van der Waals surface area contributed by atoms with Crippen molar-refractivity contribution in [2.75, 3.05) is 7.11 Å². The van der Waals surface area contributed by atoms with Crippen molar-refractivity contribution in [2.45, 2.75) is 0 Å². The summed E-state index contributed by atoms with van der Waals surface area (Å²) in [5, 5.41) is 21.9. The molecule has 2 aromatic carbocycles. The molecule has 22 heavy (non-hydrogen) atoms. The van der Waals surface area contributed by atoms with Crippen molar-refractivity contribution in [3.63, 3.8) is 0 Å². The predicted molar refractivity (Wildman–Crippen MR) is 75.2 cm³/mol. The molecule has 8 nitrogen and oxygen atoms in total. The molecule has 0 aliphatic heterocycles. The second kappa shape index (κ2) is 4.62. The lowest BCUT2D eigenvalue weighted by molar-refractivity contribution is -0.385. The summed E-state index contributed by atoms with van der Waals surface area (Å²) in [6.07, 6.45) is 0. The molecule has 0 spiro atoms. The molecule has 2 aromatic rings. The minimum atomic E-state index is -0.604. The lowest BCUT2D eigenvalue weighted by Gasteiger charge is -2.04. The topological polar surface area (TPSA) is 113 Å². The van der Waals surface area contributed by atoms with Gasteiger partial charge in [0.15, 0.2) is 11.5 Å². The average molecular weight is 300 g/mol. The molecule has 0 aromatic heterocycles. The Hall–Kier alpha value is -3.29. The molecule has 0 fully saturated rings. The van der Waals surface area contributed by atoms with E-state index in [1.807, 2.05) is 0 Å². The summed E-state index contributed by atoms with van der Waals surface area (Å²) in [4.78, 5) is 33.0. The van der Waals surface area contributed by atoms with Gasteiger partial charge in [-0.25, -0.2) is 0 Å². The summed E-state index contributed by atoms with van der Waals surface area (Å²) >= 11 is 0. The quantitative estimate of drug-likeness (QED) is 0.543. The van der Waals surface area contributed by atoms with E-state index in [2.05, 4.69) is 0 Å². The van der Waals surface area contributed by atoms with Crippen LogP contribution in [0.25, 0.3) is 11.1 Å². The summed E-state index contributed by atoms with van der Waals surface area (Å²) in [5.41, 5.74) is 0.741. The minimum absolute atomic E-state index is 0.0283. The second-order valence-electron chi connectivity index (χ2n) is 4.64. The molecule has 0 N–H and O–H groups in total. The van der Waals surface area contributed by atoms with Gasteiger partial charge in [-0.2, -0.15) is 0 Å². The predicted octanol–water partition coefficient (Wildman–Crippen LogP) is 2.72. The summed E-state index contributed by atoms with van der Waals surface area (Å²) in [6, 6.07) is 6.41. The van der Waals surface area contributed by atoms with Gasteiger partial charge in [0.1, 0.15) is 0 Å². The first kappa shape index (κ1) is 13.7. The third-order valence-electron chi connectivity index (χ3n) is 3.51. The molecular weight excluding hydrogens is 292 g/mol. The van der Waals surface area contributed by atoms with Crippen LogP contribution in [0.1, 0.15) is 15.9 Å². The third-order valence-corrected chi connectivity index (χ3v) is 3.51. The smallest absolute Gasteiger partial charge is 0.311 e. The van der Waals surface area contributed by atoms with Crippen molar-refractivity contribution < 1.29 is 19.4 Å². The Balaban J connectivity index is 2.26. The number of rotatable bonds is 3. The van der Waals surface area contributed by atoms with Crippen molar-refractivity contribution in [1.82, 2.24) is 0 Å². The number of fused-ring (bicyclic) bond motifs is 3. The van der Waals surface area contributed by atoms with Crippen LogP contribution >= 0.6 is 0 Å². The largest absolute Gasteiger partial charge is 0.490 e. The lowest BCUT2D eigenvalue weighted by Crippen LogP contribution is -1.99. The summed E-state index contributed by atoms with van der Waals surface area (Å²) in [5.74, 6) is -0.443. The van der Waals surface area contributed by atoms with Gasteiger partial charge in [-0.15, -0.1) is 0 Å². The van der Waals surface area contributed by atoms with Gasteiger partial charge < -0.3 is 4.74 Å². The molecule has 0 atom stereocenters. The molecule has 0 saturated heterocycles. The molecule has 1 aliphatic rings. The molecule has 1 aliphatic carbocycles. The number of carbonyl (C=O) groups excluding carboxylic acids is 1. The van der Waals surface area contributed by atoms with Crippen LogP contribution in [0.3, 0.4) is 0 Å². The van der Waals surface area contributed by atoms with Crippen LogP contribution < -0.4 is 4.74 Å². The van der Waals surface area contributed by atoms with E-state index < -0.39 is 15.6 Å². The fraction of sp³-hybridized carbons (Fsp3) is 0.0714. The van der Waals surface area contributed by atoms with Crippen LogP contribution in [0.15, 0.2) is 30.3 Å². The normalized spacial score (nSPS) is 11.8. The first-order valence-corrected chi connectivity index (χ1v) is 6.14. The zero-order chi connectivity index (χ0) is 16.0. The third kappa shape index (κ3) is 1.81. The van der Waals surface area contributed by atoms with Gasteiger partial charge in [-0.05, 0) is 17.7 Å². The molecule has 0 unspecified atom stereocenters. The number of nitrogens with zero attached hydrogens (tertiary/aromatic N) is 2. The van der Waals surface area contributed by atoms with Crippen LogP contribution in [-0.2, 0) is 0 Å². The number of ether oxygens (including phenoxy) is 1. The highest BCUT2D eigenvalue weighted by Gasteiger charge is 2.32. The first-order valence-electron chi connectivity index (χ1n) is 6.14. The Morgan fingerprint density at radius 1 is 0.909 bits per heavy atom. The Morgan fingerprint density at radius 3 is 2.18 bits per heavy atom. The molecule has 3 rings (SSSR count). The number of nitro benzene ring substituents is 2. The van der Waals surface area contributed by atoms with E-state index >= 15 is 0 Å². The van der Waals surface area contributed by atoms with E-state index in [1.165, 1.54) is 37.4 Å². The number of hydrogen-bond acceptors (Lipinski definition) is 6. The maximum absolute atomic E-state index is 12.4. The molecular formula is C14H8N2O6. The number of methoxy groups -OCH3 is 1. The minimum Gasteiger partial charge on any atom is -0.490 e. The van der Waals surface area contributed by atoms with Crippen molar-refractivity contribution in [1.29, 1.82) is 0 Å². The Bertz CT molecular complexity index is 859. The van der Waals surface area contributed by atoms with Gasteiger partial charge in [0.25, 0.3) is 5.69 Å². The van der Waals surface area contributed by atoms with E-state index in [1.54, 1.807) is 0 Å². The molecule has 0 amide bonds. The number of nitro groups is 2. The van der Waals surface area contributed by atoms with Crippen LogP contribution in [0.2, 0.25) is 0 Å². The van der Waals surface area contributed by atoms with E-state index in [-0.39, 0.29) is 28.3 Å². The van der Waals surface area contributed by atoms with Crippen LogP contribution in [0.4, 0.5) is 11.4 Å². The summed E-state index contributed by atoms with van der Waals surface area (Å²) < 4.78 is 4.94. The highest BCUT2D eigenvalue weighted by Crippen LogP contribution is 2.43. The van der Waals surface area contributed by atoms with Gasteiger partial charge in [0.2, 0.25) is 0 Å². The SMILES string of the molecule is COc1cc2c(cc1[N+](=O)[O-])-c1ccc([N+](=O)[O-])cc1C2=O. The standard InChI is InChI=1S/C14H8N2O6/c1-22-13-6-11-9(5-12(13)16(20)21)8-3-2-7(15(18)19)4-10(8)14(11)17/h2-6H,1H3. The number of hydrogen-bond donors (Lipinski definition) is 0. The Morgan fingerprint density at radius 2 is 1.59 bits per heavy atom. The molecule has 0 saturated carbocycles. The van der Waals surface area contributed by atoms with E-state index in [4.69, 9.17) is 4.74 Å². The van der Waals surface area contributed by atoms with Crippen LogP contribution in [0, 0.1) is 20.2 Å². The molecule has 0 bridgehead atoms. The zero-order valence-electron chi connectivity index (χ0n) is 11.2. The molecule has 8 heteroatoms. The van der Waals surface area contributed by atoms with Gasteiger partial charge in [-0.3, -0.25) is 25.0 Å². The van der Waals surface area contributed by atoms with E-state index in [9.17, 15) is 25.0 Å². The maximum atomic E-state index is 12.4. The summed E-state index contributed by atoms with van der Waals surface area (Å²) in [7, 11) is 1.27. The molecule has 110 valence electrons. The van der Waals surface area contributed by atoms with Crippen molar-refractivity contribution in [3.8, 4) is 16.9 Å². The Kier molecular flexibility index (Phi) is 2.87. The van der Waals surface area contributed by atoms with Gasteiger partial charge >= 0.3 is 5.69 Å². The molecule has 0 radical (unpaired) electrons. The highest BCUT2D eigenvalue weighted by molar-refractivity contribution is 6.22. The number of benzene rings is 2. The zero-order valence-corrected chi connectivity index (χ0v) is 11.2. The Labute approximate surface area is 123 Å². The van der Waals surface area contributed by atoms with Gasteiger partial charge in [-0.1, -0.05) is 0 Å². The number of non-ortho nitro benzene ring substituents is 1. The van der Waals surface area contributed by atoms with Crippen molar-refractivity contribution >= 4 is 17.2 Å². The van der Waals surface area contributed by atoms with Crippen molar-refractivity contribution in [2.24, 2.45) is 0 Å². The second-order valence-corrected chi connectivity index (χ2v) is 4.64. The van der Waals surface area contributed by atoms with Crippen LogP contribution in [-0.4, -0.2) is 22.7 Å². The maximum Gasteiger partial charge on any atom is 0.311 e. The fourth-order valence-electron chi connectivity index (χ4n) is 2.50. The average Bonchev–Trinajstić information content (AvgIpc) is 2.78. The molecule has 0 heterocycles. The van der Waals surface area contributed by atoms with E-state index in [0.29, 0.717) is 11.1 Å². The highest BCUT2D eigenvalue weighted by atomic mass is 16.6. The van der Waals surface area contributed by atoms with Crippen LogP contribution in [0.5, 0.6) is 5.75 Å². The number of carbonyl (C=O) groups is 1. The lowest BCUT2D eigenvalue weighted by atomic mass is 10.0. The fourth-order valence-corrected chi connectivity index (χ4v) is 2.50. The first-order chi connectivity index (χ1) is 10.4.